The lowest BCUT2D eigenvalue weighted by Gasteiger charge is -2.18. The Balaban J connectivity index is 1.80. The predicted molar refractivity (Wildman–Crippen MR) is 142 cm³/mol. The number of phosphoric acid groups is 1. The van der Waals surface area contributed by atoms with E-state index in [2.05, 4.69) is 39.8 Å². The highest BCUT2D eigenvalue weighted by Gasteiger charge is 2.35. The lowest BCUT2D eigenvalue weighted by atomic mass is 9.88. The smallest absolute Gasteiger partial charge is 0.394 e. The first-order chi connectivity index (χ1) is 16.8. The van der Waals surface area contributed by atoms with Gasteiger partial charge in [0, 0.05) is 22.3 Å². The quantitative estimate of drug-likeness (QED) is 0.294. The molecule has 0 bridgehead atoms. The molecule has 0 saturated heterocycles. The normalized spacial score (nSPS) is 14.0. The molecule has 1 aliphatic heterocycles. The van der Waals surface area contributed by atoms with Crippen LogP contribution in [0.2, 0.25) is 0 Å². The molecule has 178 valence electrons. The molecule has 35 heavy (non-hydrogen) atoms. The predicted octanol–water partition coefficient (Wildman–Crippen LogP) is 8.81. The molecule has 0 spiro atoms. The second kappa shape index (κ2) is 9.03. The maximum atomic E-state index is 13.3. The fourth-order valence-corrected chi connectivity index (χ4v) is 5.75. The zero-order chi connectivity index (χ0) is 24.7. The first kappa shape index (κ1) is 23.4. The molecule has 0 amide bonds. The van der Waals surface area contributed by atoms with E-state index in [4.69, 9.17) is 9.05 Å². The van der Waals surface area contributed by atoms with Crippen molar-refractivity contribution in [1.29, 1.82) is 0 Å². The van der Waals surface area contributed by atoms with E-state index < -0.39 is 7.82 Å². The summed E-state index contributed by atoms with van der Waals surface area (Å²) in [6.07, 6.45) is 0. The summed E-state index contributed by atoms with van der Waals surface area (Å²) in [6, 6.07) is 27.8. The van der Waals surface area contributed by atoms with Crippen LogP contribution in [0.3, 0.4) is 0 Å². The molecule has 0 radical (unpaired) electrons. The van der Waals surface area contributed by atoms with Gasteiger partial charge in [-0.2, -0.15) is 0 Å². The van der Waals surface area contributed by atoms with Gasteiger partial charge < -0.3 is 9.05 Å². The summed E-state index contributed by atoms with van der Waals surface area (Å²) in [5.41, 5.74) is 7.23. The molecule has 4 nitrogen and oxygen atoms in total. The number of fused-ring (bicyclic) bond motifs is 3. The molecule has 4 aromatic rings. The fraction of sp³-hybridized carbons (Fsp3) is 0.200. The van der Waals surface area contributed by atoms with Gasteiger partial charge in [0.1, 0.15) is 11.5 Å². The lowest BCUT2D eigenvalue weighted by Crippen LogP contribution is -2.01. The highest BCUT2D eigenvalue weighted by Crippen LogP contribution is 2.58. The van der Waals surface area contributed by atoms with Crippen molar-refractivity contribution in [3.8, 4) is 44.9 Å². The van der Waals surface area contributed by atoms with Crippen LogP contribution in [-0.2, 0) is 4.57 Å². The Morgan fingerprint density at radius 2 is 0.857 bits per heavy atom. The van der Waals surface area contributed by atoms with Gasteiger partial charge in [0.15, 0.2) is 0 Å². The molecule has 1 aliphatic rings. The Hall–Kier alpha value is -3.33. The summed E-state index contributed by atoms with van der Waals surface area (Å²) in [5.74, 6) is 1.27. The number of benzene rings is 4. The first-order valence-corrected chi connectivity index (χ1v) is 13.4. The van der Waals surface area contributed by atoms with Crippen molar-refractivity contribution in [2.75, 3.05) is 0 Å². The Morgan fingerprint density at radius 3 is 1.23 bits per heavy atom. The number of para-hydroxylation sites is 2. The Kier molecular flexibility index (Phi) is 6.04. The molecule has 0 aliphatic carbocycles. The van der Waals surface area contributed by atoms with Crippen molar-refractivity contribution >= 4 is 7.82 Å². The average molecular weight is 485 g/mol. The standard InChI is InChI=1S/C30H29O4P/c1-19(2)21-11-5-7-13-23(21)25-15-9-17-27-28-18-10-16-26(24-14-8-6-12-22(24)20(3)4)30(28)34-35(31,32)33-29(25)27/h5-20H,1-4H3,(H,31,32). The molecular weight excluding hydrogens is 455 g/mol. The van der Waals surface area contributed by atoms with Crippen molar-refractivity contribution in [3.63, 3.8) is 0 Å². The van der Waals surface area contributed by atoms with Gasteiger partial charge in [-0.1, -0.05) is 113 Å². The van der Waals surface area contributed by atoms with Crippen molar-refractivity contribution in [2.45, 2.75) is 39.5 Å². The lowest BCUT2D eigenvalue weighted by molar-refractivity contribution is 0.295. The average Bonchev–Trinajstić information content (AvgIpc) is 2.96. The third-order valence-corrected chi connectivity index (χ3v) is 7.31. The SMILES string of the molecule is CC(C)c1ccccc1-c1cccc2c1OP(=O)(O)Oc1c(-c3ccccc3C(C)C)cccc1-2. The molecular formula is C30H29O4P. The van der Waals surface area contributed by atoms with E-state index in [9.17, 15) is 9.46 Å². The van der Waals surface area contributed by atoms with Crippen LogP contribution in [0, 0.1) is 0 Å². The maximum absolute atomic E-state index is 13.3. The van der Waals surface area contributed by atoms with Crippen molar-refractivity contribution < 1.29 is 18.5 Å². The summed E-state index contributed by atoms with van der Waals surface area (Å²) >= 11 is 0. The van der Waals surface area contributed by atoms with Crippen LogP contribution in [0.1, 0.15) is 50.7 Å². The number of phosphoric ester groups is 1. The molecule has 0 atom stereocenters. The molecule has 4 aromatic carbocycles. The van der Waals surface area contributed by atoms with E-state index in [-0.39, 0.29) is 11.8 Å². The van der Waals surface area contributed by atoms with Crippen molar-refractivity contribution in [3.05, 3.63) is 96.1 Å². The van der Waals surface area contributed by atoms with Crippen LogP contribution >= 0.6 is 7.82 Å². The molecule has 0 fully saturated rings. The van der Waals surface area contributed by atoms with E-state index in [1.165, 1.54) is 0 Å². The van der Waals surface area contributed by atoms with Crippen LogP contribution in [-0.4, -0.2) is 4.89 Å². The fourth-order valence-electron chi connectivity index (χ4n) is 4.86. The van der Waals surface area contributed by atoms with Crippen LogP contribution in [0.4, 0.5) is 0 Å². The molecule has 0 saturated carbocycles. The first-order valence-electron chi connectivity index (χ1n) is 11.9. The minimum atomic E-state index is -4.47. The van der Waals surface area contributed by atoms with E-state index in [0.29, 0.717) is 11.5 Å². The second-order valence-electron chi connectivity index (χ2n) is 9.50. The summed E-state index contributed by atoms with van der Waals surface area (Å²) < 4.78 is 24.9. The highest BCUT2D eigenvalue weighted by atomic mass is 31.2. The van der Waals surface area contributed by atoms with Gasteiger partial charge >= 0.3 is 7.82 Å². The summed E-state index contributed by atoms with van der Waals surface area (Å²) in [7, 11) is -4.47. The van der Waals surface area contributed by atoms with Gasteiger partial charge in [0.25, 0.3) is 0 Å². The Labute approximate surface area is 206 Å². The van der Waals surface area contributed by atoms with Crippen LogP contribution < -0.4 is 9.05 Å². The minimum Gasteiger partial charge on any atom is -0.394 e. The van der Waals surface area contributed by atoms with Gasteiger partial charge in [-0.05, 0) is 34.1 Å². The summed E-state index contributed by atoms with van der Waals surface area (Å²) in [4.78, 5) is 10.9. The van der Waals surface area contributed by atoms with Gasteiger partial charge in [0.05, 0.1) is 0 Å². The van der Waals surface area contributed by atoms with Gasteiger partial charge in [-0.15, -0.1) is 0 Å². The molecule has 5 rings (SSSR count). The Bertz CT molecular complexity index is 1350. The Morgan fingerprint density at radius 1 is 0.543 bits per heavy atom. The third kappa shape index (κ3) is 4.29. The number of hydrogen-bond acceptors (Lipinski definition) is 3. The van der Waals surface area contributed by atoms with Gasteiger partial charge in [-0.3, -0.25) is 4.89 Å². The topological polar surface area (TPSA) is 55.8 Å². The number of rotatable bonds is 4. The molecule has 1 N–H and O–H groups in total. The third-order valence-electron chi connectivity index (χ3n) is 6.48. The van der Waals surface area contributed by atoms with Crippen LogP contribution in [0.15, 0.2) is 84.9 Å². The van der Waals surface area contributed by atoms with E-state index in [0.717, 1.165) is 44.5 Å². The molecule has 1 heterocycles. The minimum absolute atomic E-state index is 0.274. The van der Waals surface area contributed by atoms with Gasteiger partial charge in [-0.25, -0.2) is 4.57 Å². The molecule has 5 heteroatoms. The summed E-state index contributed by atoms with van der Waals surface area (Å²) in [5, 5.41) is 0. The van der Waals surface area contributed by atoms with Gasteiger partial charge in [0.2, 0.25) is 0 Å². The largest absolute Gasteiger partial charge is 0.584 e. The molecule has 0 aromatic heterocycles. The summed E-state index contributed by atoms with van der Waals surface area (Å²) in [6.45, 7) is 8.54. The van der Waals surface area contributed by atoms with E-state index in [1.54, 1.807) is 0 Å². The molecule has 0 unspecified atom stereocenters. The van der Waals surface area contributed by atoms with Crippen LogP contribution in [0.5, 0.6) is 11.5 Å². The van der Waals surface area contributed by atoms with Crippen LogP contribution in [0.25, 0.3) is 33.4 Å². The van der Waals surface area contributed by atoms with E-state index in [1.807, 2.05) is 72.8 Å². The highest BCUT2D eigenvalue weighted by molar-refractivity contribution is 7.48. The zero-order valence-electron chi connectivity index (χ0n) is 20.4. The number of hydrogen-bond donors (Lipinski definition) is 1. The van der Waals surface area contributed by atoms with E-state index >= 15 is 0 Å². The monoisotopic (exact) mass is 484 g/mol. The zero-order valence-corrected chi connectivity index (χ0v) is 21.3. The second-order valence-corrected chi connectivity index (χ2v) is 10.8. The van der Waals surface area contributed by atoms with Crippen molar-refractivity contribution in [1.82, 2.24) is 0 Å². The maximum Gasteiger partial charge on any atom is 0.584 e. The van der Waals surface area contributed by atoms with Crippen molar-refractivity contribution in [2.24, 2.45) is 0 Å².